The van der Waals surface area contributed by atoms with Crippen molar-refractivity contribution in [3.8, 4) is 5.75 Å². The van der Waals surface area contributed by atoms with Crippen LogP contribution >= 0.6 is 11.6 Å². The van der Waals surface area contributed by atoms with Crippen LogP contribution in [0.5, 0.6) is 5.75 Å². The van der Waals surface area contributed by atoms with E-state index in [9.17, 15) is 0 Å². The molecule has 0 aliphatic rings. The van der Waals surface area contributed by atoms with E-state index in [2.05, 4.69) is 12.2 Å². The average molecular weight is 262 g/mol. The summed E-state index contributed by atoms with van der Waals surface area (Å²) >= 11 is 5.83. The van der Waals surface area contributed by atoms with E-state index in [1.165, 1.54) is 0 Å². The summed E-state index contributed by atoms with van der Waals surface area (Å²) in [4.78, 5) is 0. The quantitative estimate of drug-likeness (QED) is 0.864. The predicted molar refractivity (Wildman–Crippen MR) is 76.4 cm³/mol. The fourth-order valence-electron chi connectivity index (χ4n) is 1.62. The average Bonchev–Trinajstić information content (AvgIpc) is 2.40. The van der Waals surface area contributed by atoms with Crippen molar-refractivity contribution < 1.29 is 4.74 Å². The van der Waals surface area contributed by atoms with Crippen molar-refractivity contribution >= 4 is 17.3 Å². The molecule has 2 aromatic carbocycles. The van der Waals surface area contributed by atoms with Crippen LogP contribution in [-0.2, 0) is 6.61 Å². The molecule has 0 amide bonds. The molecule has 0 heterocycles. The van der Waals surface area contributed by atoms with Gasteiger partial charge in [0.15, 0.2) is 0 Å². The van der Waals surface area contributed by atoms with Crippen molar-refractivity contribution in [2.75, 3.05) is 11.9 Å². The number of benzene rings is 2. The molecule has 0 bridgehead atoms. The molecule has 94 valence electrons. The third-order valence-electron chi connectivity index (χ3n) is 2.55. The summed E-state index contributed by atoms with van der Waals surface area (Å²) in [5.41, 5.74) is 2.21. The second-order valence-electron chi connectivity index (χ2n) is 3.97. The van der Waals surface area contributed by atoms with Gasteiger partial charge in [0, 0.05) is 17.3 Å². The molecule has 0 saturated heterocycles. The molecule has 0 unspecified atom stereocenters. The van der Waals surface area contributed by atoms with Crippen molar-refractivity contribution in [2.45, 2.75) is 13.5 Å². The molecule has 0 atom stereocenters. The molecule has 2 rings (SSSR count). The standard InChI is InChI=1S/C15H16ClNO/c1-2-17-14-7-9-15(10-8-14)18-11-12-3-5-13(16)6-4-12/h3-10,17H,2,11H2,1H3. The predicted octanol–water partition coefficient (Wildman–Crippen LogP) is 4.35. The summed E-state index contributed by atoms with van der Waals surface area (Å²) in [7, 11) is 0. The Bertz CT molecular complexity index is 479. The SMILES string of the molecule is CCNc1ccc(OCc2ccc(Cl)cc2)cc1. The van der Waals surface area contributed by atoms with Crippen LogP contribution in [-0.4, -0.2) is 6.54 Å². The van der Waals surface area contributed by atoms with Gasteiger partial charge in [-0.25, -0.2) is 0 Å². The Morgan fingerprint density at radius 3 is 2.28 bits per heavy atom. The Kier molecular flexibility index (Phi) is 4.48. The lowest BCUT2D eigenvalue weighted by Crippen LogP contribution is -1.97. The zero-order chi connectivity index (χ0) is 12.8. The van der Waals surface area contributed by atoms with Crippen molar-refractivity contribution in [1.29, 1.82) is 0 Å². The van der Waals surface area contributed by atoms with Gasteiger partial charge in [0.25, 0.3) is 0 Å². The van der Waals surface area contributed by atoms with E-state index in [4.69, 9.17) is 16.3 Å². The minimum absolute atomic E-state index is 0.553. The summed E-state index contributed by atoms with van der Waals surface area (Å²) in [6.07, 6.45) is 0. The van der Waals surface area contributed by atoms with E-state index >= 15 is 0 Å². The van der Waals surface area contributed by atoms with Gasteiger partial charge >= 0.3 is 0 Å². The third-order valence-corrected chi connectivity index (χ3v) is 2.81. The Balaban J connectivity index is 1.91. The molecule has 0 saturated carbocycles. The number of nitrogens with one attached hydrogen (secondary N) is 1. The van der Waals surface area contributed by atoms with Crippen molar-refractivity contribution in [2.24, 2.45) is 0 Å². The maximum atomic E-state index is 5.83. The normalized spacial score (nSPS) is 10.1. The second-order valence-corrected chi connectivity index (χ2v) is 4.41. The second kappa shape index (κ2) is 6.31. The van der Waals surface area contributed by atoms with Crippen molar-refractivity contribution in [3.63, 3.8) is 0 Å². The number of ether oxygens (including phenoxy) is 1. The Morgan fingerprint density at radius 2 is 1.67 bits per heavy atom. The molecule has 0 aliphatic carbocycles. The highest BCUT2D eigenvalue weighted by molar-refractivity contribution is 6.30. The molecule has 2 aromatic rings. The van der Waals surface area contributed by atoms with Crippen LogP contribution in [0, 0.1) is 0 Å². The van der Waals surface area contributed by atoms with Crippen LogP contribution in [0.1, 0.15) is 12.5 Å². The zero-order valence-electron chi connectivity index (χ0n) is 10.3. The lowest BCUT2D eigenvalue weighted by molar-refractivity contribution is 0.306. The van der Waals surface area contributed by atoms with Crippen LogP contribution in [0.25, 0.3) is 0 Å². The van der Waals surface area contributed by atoms with Gasteiger partial charge in [-0.1, -0.05) is 23.7 Å². The van der Waals surface area contributed by atoms with Crippen molar-refractivity contribution in [3.05, 3.63) is 59.1 Å². The van der Waals surface area contributed by atoms with E-state index in [0.29, 0.717) is 6.61 Å². The number of hydrogen-bond donors (Lipinski definition) is 1. The van der Waals surface area contributed by atoms with E-state index in [1.54, 1.807) is 0 Å². The molecule has 2 nitrogen and oxygen atoms in total. The highest BCUT2D eigenvalue weighted by Crippen LogP contribution is 2.17. The first-order valence-electron chi connectivity index (χ1n) is 5.99. The highest BCUT2D eigenvalue weighted by atomic mass is 35.5. The molecule has 0 fully saturated rings. The van der Waals surface area contributed by atoms with Crippen LogP contribution in [0.4, 0.5) is 5.69 Å². The fourth-order valence-corrected chi connectivity index (χ4v) is 1.75. The number of anilines is 1. The molecule has 1 N–H and O–H groups in total. The highest BCUT2D eigenvalue weighted by Gasteiger charge is 1.97. The fraction of sp³-hybridized carbons (Fsp3) is 0.200. The smallest absolute Gasteiger partial charge is 0.119 e. The van der Waals surface area contributed by atoms with E-state index < -0.39 is 0 Å². The summed E-state index contributed by atoms with van der Waals surface area (Å²) in [5.74, 6) is 0.867. The van der Waals surface area contributed by atoms with Crippen LogP contribution in [0.2, 0.25) is 5.02 Å². The summed E-state index contributed by atoms with van der Waals surface area (Å²) in [5, 5.41) is 3.99. The number of halogens is 1. The Morgan fingerprint density at radius 1 is 1.00 bits per heavy atom. The molecule has 0 radical (unpaired) electrons. The van der Waals surface area contributed by atoms with Gasteiger partial charge in [-0.2, -0.15) is 0 Å². The Labute approximate surface area is 113 Å². The molecular formula is C15H16ClNO. The molecule has 0 spiro atoms. The minimum Gasteiger partial charge on any atom is -0.489 e. The first-order chi connectivity index (χ1) is 8.78. The van der Waals surface area contributed by atoms with Gasteiger partial charge in [0.1, 0.15) is 12.4 Å². The van der Waals surface area contributed by atoms with Crippen molar-refractivity contribution in [1.82, 2.24) is 0 Å². The maximum absolute atomic E-state index is 5.83. The van der Waals surface area contributed by atoms with E-state index in [-0.39, 0.29) is 0 Å². The first kappa shape index (κ1) is 12.8. The summed E-state index contributed by atoms with van der Waals surface area (Å²) in [6, 6.07) is 15.6. The summed E-state index contributed by atoms with van der Waals surface area (Å²) in [6.45, 7) is 3.55. The van der Waals surface area contributed by atoms with Crippen LogP contribution in [0.15, 0.2) is 48.5 Å². The molecule has 18 heavy (non-hydrogen) atoms. The van der Waals surface area contributed by atoms with Gasteiger partial charge in [-0.3, -0.25) is 0 Å². The van der Waals surface area contributed by atoms with Gasteiger partial charge in [0.2, 0.25) is 0 Å². The summed E-state index contributed by atoms with van der Waals surface area (Å²) < 4.78 is 5.69. The number of rotatable bonds is 5. The van der Waals surface area contributed by atoms with E-state index in [1.807, 2.05) is 48.5 Å². The topological polar surface area (TPSA) is 21.3 Å². The lowest BCUT2D eigenvalue weighted by Gasteiger charge is -2.08. The third kappa shape index (κ3) is 3.67. The van der Waals surface area contributed by atoms with Gasteiger partial charge < -0.3 is 10.1 Å². The van der Waals surface area contributed by atoms with Crippen LogP contribution < -0.4 is 10.1 Å². The lowest BCUT2D eigenvalue weighted by atomic mass is 10.2. The largest absolute Gasteiger partial charge is 0.489 e. The molecule has 0 aromatic heterocycles. The Hall–Kier alpha value is -1.67. The molecular weight excluding hydrogens is 246 g/mol. The molecule has 3 heteroatoms. The van der Waals surface area contributed by atoms with Gasteiger partial charge in [0.05, 0.1) is 0 Å². The van der Waals surface area contributed by atoms with Gasteiger partial charge in [-0.05, 0) is 48.9 Å². The number of hydrogen-bond acceptors (Lipinski definition) is 2. The zero-order valence-corrected chi connectivity index (χ0v) is 11.1. The monoisotopic (exact) mass is 261 g/mol. The van der Waals surface area contributed by atoms with Gasteiger partial charge in [-0.15, -0.1) is 0 Å². The minimum atomic E-state index is 0.553. The first-order valence-corrected chi connectivity index (χ1v) is 6.37. The molecule has 0 aliphatic heterocycles. The van der Waals surface area contributed by atoms with Crippen LogP contribution in [0.3, 0.4) is 0 Å². The van der Waals surface area contributed by atoms with E-state index in [0.717, 1.165) is 28.6 Å². The maximum Gasteiger partial charge on any atom is 0.119 e.